The van der Waals surface area contributed by atoms with E-state index in [1.807, 2.05) is 6.92 Å². The third-order valence-electron chi connectivity index (χ3n) is 4.13. The Bertz CT molecular complexity index is 558. The van der Waals surface area contributed by atoms with Crippen LogP contribution in [-0.2, 0) is 4.74 Å². The van der Waals surface area contributed by atoms with Crippen molar-refractivity contribution in [2.24, 2.45) is 0 Å². The van der Waals surface area contributed by atoms with Crippen molar-refractivity contribution in [3.05, 3.63) is 34.9 Å². The van der Waals surface area contributed by atoms with E-state index in [1.165, 1.54) is 0 Å². The van der Waals surface area contributed by atoms with Gasteiger partial charge in [0.1, 0.15) is 0 Å². The zero-order chi connectivity index (χ0) is 15.9. The Morgan fingerprint density at radius 2 is 2.18 bits per heavy atom. The van der Waals surface area contributed by atoms with Crippen LogP contribution in [0.4, 0.5) is 0 Å². The summed E-state index contributed by atoms with van der Waals surface area (Å²) in [5, 5.41) is 12.0. The molecule has 1 amide bonds. The van der Waals surface area contributed by atoms with Gasteiger partial charge in [-0.1, -0.05) is 0 Å². The lowest BCUT2D eigenvalue weighted by atomic mass is 10.0. The molecule has 0 aliphatic carbocycles. The minimum absolute atomic E-state index is 0.0441. The molecule has 0 unspecified atom stereocenters. The van der Waals surface area contributed by atoms with Crippen LogP contribution >= 0.6 is 0 Å². The van der Waals surface area contributed by atoms with Crippen molar-refractivity contribution >= 4 is 5.91 Å². The molecule has 1 fully saturated rings. The predicted molar refractivity (Wildman–Crippen MR) is 84.7 cm³/mol. The van der Waals surface area contributed by atoms with Crippen LogP contribution in [0.3, 0.4) is 0 Å². The van der Waals surface area contributed by atoms with E-state index in [0.29, 0.717) is 11.1 Å². The number of likely N-dealkylation sites (tertiary alicyclic amines) is 1. The van der Waals surface area contributed by atoms with Crippen LogP contribution in [0.1, 0.15) is 34.3 Å². The molecule has 0 saturated carbocycles. The summed E-state index contributed by atoms with van der Waals surface area (Å²) in [4.78, 5) is 14.7. The molecule has 0 bridgehead atoms. The third kappa shape index (κ3) is 4.30. The number of hydrogen-bond acceptors (Lipinski definition) is 4. The maximum atomic E-state index is 12.4. The second-order valence-corrected chi connectivity index (χ2v) is 5.72. The highest BCUT2D eigenvalue weighted by molar-refractivity contribution is 5.95. The van der Waals surface area contributed by atoms with Gasteiger partial charge in [0, 0.05) is 38.3 Å². The molecule has 0 radical (unpaired) electrons. The van der Waals surface area contributed by atoms with E-state index in [2.05, 4.69) is 16.3 Å². The van der Waals surface area contributed by atoms with Gasteiger partial charge in [0.05, 0.1) is 18.2 Å². The number of aryl methyl sites for hydroxylation is 1. The summed E-state index contributed by atoms with van der Waals surface area (Å²) < 4.78 is 5.09. The molecule has 1 N–H and O–H groups in total. The van der Waals surface area contributed by atoms with Crippen molar-refractivity contribution in [1.82, 2.24) is 10.2 Å². The second-order valence-electron chi connectivity index (χ2n) is 5.72. The lowest BCUT2D eigenvalue weighted by molar-refractivity contribution is 0.0892. The van der Waals surface area contributed by atoms with E-state index in [-0.39, 0.29) is 11.9 Å². The molecule has 1 saturated heterocycles. The zero-order valence-electron chi connectivity index (χ0n) is 13.3. The Labute approximate surface area is 131 Å². The molecule has 1 aromatic carbocycles. The van der Waals surface area contributed by atoms with E-state index < -0.39 is 0 Å². The number of nitrogens with zero attached hydrogens (tertiary/aromatic N) is 2. The molecule has 1 aliphatic rings. The fourth-order valence-electron chi connectivity index (χ4n) is 2.77. The van der Waals surface area contributed by atoms with Gasteiger partial charge in [0.15, 0.2) is 0 Å². The zero-order valence-corrected chi connectivity index (χ0v) is 13.3. The van der Waals surface area contributed by atoms with E-state index >= 15 is 0 Å². The molecule has 5 heteroatoms. The summed E-state index contributed by atoms with van der Waals surface area (Å²) in [6.45, 7) is 5.54. The molecule has 1 heterocycles. The van der Waals surface area contributed by atoms with Crippen molar-refractivity contribution in [3.63, 3.8) is 0 Å². The quantitative estimate of drug-likeness (QED) is 0.899. The van der Waals surface area contributed by atoms with Gasteiger partial charge in [-0.05, 0) is 43.5 Å². The Morgan fingerprint density at radius 3 is 2.77 bits per heavy atom. The minimum atomic E-state index is -0.0441. The average Bonchev–Trinajstić information content (AvgIpc) is 2.53. The van der Waals surface area contributed by atoms with Crippen molar-refractivity contribution in [2.45, 2.75) is 25.8 Å². The monoisotopic (exact) mass is 301 g/mol. The second kappa shape index (κ2) is 7.92. The first-order valence-electron chi connectivity index (χ1n) is 7.67. The normalized spacial score (nSPS) is 16.2. The SMILES string of the molecule is COCCN1CCC(NC(=O)c2ccc(C#N)cc2C)CC1. The van der Waals surface area contributed by atoms with E-state index in [9.17, 15) is 4.79 Å². The van der Waals surface area contributed by atoms with Gasteiger partial charge in [0.25, 0.3) is 5.91 Å². The molecule has 5 nitrogen and oxygen atoms in total. The molecule has 0 spiro atoms. The summed E-state index contributed by atoms with van der Waals surface area (Å²) >= 11 is 0. The summed E-state index contributed by atoms with van der Waals surface area (Å²) in [5.74, 6) is -0.0441. The number of methoxy groups -OCH3 is 1. The molecule has 0 aromatic heterocycles. The highest BCUT2D eigenvalue weighted by atomic mass is 16.5. The smallest absolute Gasteiger partial charge is 0.251 e. The van der Waals surface area contributed by atoms with Crippen LogP contribution in [0.25, 0.3) is 0 Å². The lowest BCUT2D eigenvalue weighted by Gasteiger charge is -2.32. The lowest BCUT2D eigenvalue weighted by Crippen LogP contribution is -2.45. The number of piperidine rings is 1. The number of ether oxygens (including phenoxy) is 1. The van der Waals surface area contributed by atoms with Crippen LogP contribution in [0.5, 0.6) is 0 Å². The first-order valence-corrected chi connectivity index (χ1v) is 7.67. The summed E-state index contributed by atoms with van der Waals surface area (Å²) in [6.07, 6.45) is 1.93. The van der Waals surface area contributed by atoms with Gasteiger partial charge < -0.3 is 15.0 Å². The largest absolute Gasteiger partial charge is 0.383 e. The predicted octanol–water partition coefficient (Wildman–Crippen LogP) is 1.71. The summed E-state index contributed by atoms with van der Waals surface area (Å²) in [5.41, 5.74) is 2.08. The molecular weight excluding hydrogens is 278 g/mol. The maximum Gasteiger partial charge on any atom is 0.251 e. The Kier molecular flexibility index (Phi) is 5.93. The van der Waals surface area contributed by atoms with Crippen molar-refractivity contribution in [1.29, 1.82) is 5.26 Å². The standard InChI is InChI=1S/C17H23N3O2/c1-13-11-14(12-18)3-4-16(13)17(21)19-15-5-7-20(8-6-15)9-10-22-2/h3-4,11,15H,5-10H2,1-2H3,(H,19,21). The molecule has 0 atom stereocenters. The highest BCUT2D eigenvalue weighted by Gasteiger charge is 2.21. The van der Waals surface area contributed by atoms with Gasteiger partial charge in [-0.25, -0.2) is 0 Å². The Morgan fingerprint density at radius 1 is 1.45 bits per heavy atom. The van der Waals surface area contributed by atoms with Gasteiger partial charge >= 0.3 is 0 Å². The molecule has 1 aromatic rings. The number of carbonyl (C=O) groups excluding carboxylic acids is 1. The van der Waals surface area contributed by atoms with Crippen molar-refractivity contribution < 1.29 is 9.53 Å². The van der Waals surface area contributed by atoms with Gasteiger partial charge in [-0.3, -0.25) is 4.79 Å². The third-order valence-corrected chi connectivity index (χ3v) is 4.13. The molecule has 2 rings (SSSR count). The van der Waals surface area contributed by atoms with E-state index in [0.717, 1.165) is 44.6 Å². The minimum Gasteiger partial charge on any atom is -0.383 e. The number of rotatable bonds is 5. The first-order chi connectivity index (χ1) is 10.6. The number of nitriles is 1. The number of hydrogen-bond donors (Lipinski definition) is 1. The number of nitrogens with one attached hydrogen (secondary N) is 1. The fraction of sp³-hybridized carbons (Fsp3) is 0.529. The summed E-state index contributed by atoms with van der Waals surface area (Å²) in [6, 6.07) is 7.49. The highest BCUT2D eigenvalue weighted by Crippen LogP contribution is 2.14. The molecular formula is C17H23N3O2. The summed E-state index contributed by atoms with van der Waals surface area (Å²) in [7, 11) is 1.72. The van der Waals surface area contributed by atoms with Crippen LogP contribution in [0, 0.1) is 18.3 Å². The van der Waals surface area contributed by atoms with Crippen LogP contribution in [0.2, 0.25) is 0 Å². The first kappa shape index (κ1) is 16.5. The number of benzene rings is 1. The maximum absolute atomic E-state index is 12.4. The fourth-order valence-corrected chi connectivity index (χ4v) is 2.77. The van der Waals surface area contributed by atoms with E-state index in [4.69, 9.17) is 10.00 Å². The Hall–Kier alpha value is -1.90. The van der Waals surface area contributed by atoms with Crippen molar-refractivity contribution in [2.75, 3.05) is 33.4 Å². The van der Waals surface area contributed by atoms with Gasteiger partial charge in [-0.2, -0.15) is 5.26 Å². The molecule has 1 aliphatic heterocycles. The van der Waals surface area contributed by atoms with Crippen molar-refractivity contribution in [3.8, 4) is 6.07 Å². The van der Waals surface area contributed by atoms with Crippen LogP contribution in [-0.4, -0.2) is 50.2 Å². The number of amides is 1. The van der Waals surface area contributed by atoms with Crippen LogP contribution in [0.15, 0.2) is 18.2 Å². The van der Waals surface area contributed by atoms with Gasteiger partial charge in [0.2, 0.25) is 0 Å². The van der Waals surface area contributed by atoms with Crippen LogP contribution < -0.4 is 5.32 Å². The average molecular weight is 301 g/mol. The molecule has 22 heavy (non-hydrogen) atoms. The number of carbonyl (C=O) groups is 1. The molecule has 118 valence electrons. The topological polar surface area (TPSA) is 65.4 Å². The van der Waals surface area contributed by atoms with E-state index in [1.54, 1.807) is 25.3 Å². The Balaban J connectivity index is 1.87. The van der Waals surface area contributed by atoms with Gasteiger partial charge in [-0.15, -0.1) is 0 Å².